The van der Waals surface area contributed by atoms with Crippen LogP contribution in [0.25, 0.3) is 12.2 Å². The van der Waals surface area contributed by atoms with E-state index in [4.69, 9.17) is 0 Å². The van der Waals surface area contributed by atoms with Crippen molar-refractivity contribution in [3.8, 4) is 0 Å². The summed E-state index contributed by atoms with van der Waals surface area (Å²) in [5.41, 5.74) is -0.298. The number of nitrogens with one attached hydrogen (secondary N) is 1. The number of aromatic nitrogens is 1. The van der Waals surface area contributed by atoms with Crippen molar-refractivity contribution in [2.24, 2.45) is 5.41 Å². The van der Waals surface area contributed by atoms with Gasteiger partial charge in [-0.2, -0.15) is 13.2 Å². The third-order valence-electron chi connectivity index (χ3n) is 6.31. The molecule has 0 bridgehead atoms. The van der Waals surface area contributed by atoms with Crippen molar-refractivity contribution < 1.29 is 22.8 Å². The highest BCUT2D eigenvalue weighted by Crippen LogP contribution is 2.29. The molecule has 3 aromatic carbocycles. The van der Waals surface area contributed by atoms with Gasteiger partial charge in [-0.25, -0.2) is 0 Å². The van der Waals surface area contributed by atoms with Gasteiger partial charge in [-0.1, -0.05) is 93.6 Å². The molecule has 0 atom stereocenters. The van der Waals surface area contributed by atoms with Crippen molar-refractivity contribution >= 4 is 35.2 Å². The SMILES string of the molecule is CC(C)(C)C(=O)/C=c1\s/c(=C\c2cccc(C(F)(F)F)c2)c(=O)n1CC(=O)NC(c1ccccc1)c1ccccc1. The number of halogens is 3. The molecule has 1 heterocycles. The fraction of sp³-hybridized carbons (Fsp3) is 0.219. The summed E-state index contributed by atoms with van der Waals surface area (Å²) in [5, 5.41) is 2.99. The van der Waals surface area contributed by atoms with Crippen LogP contribution in [0.15, 0.2) is 89.7 Å². The number of carbonyl (C=O) groups is 2. The molecule has 0 radical (unpaired) electrons. The topological polar surface area (TPSA) is 68.2 Å². The first-order chi connectivity index (χ1) is 19.3. The highest BCUT2D eigenvalue weighted by molar-refractivity contribution is 7.07. The van der Waals surface area contributed by atoms with E-state index in [-0.39, 0.29) is 27.1 Å². The standard InChI is InChI=1S/C32H29F3N2O3S/c1-31(2,3)26(38)19-28-37(30(40)25(41-28)18-21-11-10-16-24(17-21)32(33,34)35)20-27(39)36-29(22-12-6-4-7-13-22)23-14-8-5-9-15-23/h4-19,29H,20H2,1-3H3,(H,36,39)/b25-18-,28-19-. The first kappa shape index (κ1) is 29.7. The molecule has 1 amide bonds. The van der Waals surface area contributed by atoms with Crippen LogP contribution in [-0.4, -0.2) is 16.3 Å². The fourth-order valence-corrected chi connectivity index (χ4v) is 5.12. The zero-order chi connectivity index (χ0) is 29.8. The van der Waals surface area contributed by atoms with Gasteiger partial charge in [0.15, 0.2) is 5.78 Å². The van der Waals surface area contributed by atoms with E-state index < -0.39 is 34.7 Å². The lowest BCUT2D eigenvalue weighted by molar-refractivity contribution is -0.137. The van der Waals surface area contributed by atoms with Gasteiger partial charge in [0.1, 0.15) is 11.2 Å². The second kappa shape index (κ2) is 12.1. The number of thiazole rings is 1. The van der Waals surface area contributed by atoms with E-state index in [9.17, 15) is 27.6 Å². The molecule has 4 aromatic rings. The molecule has 0 saturated heterocycles. The van der Waals surface area contributed by atoms with Gasteiger partial charge in [-0.15, -0.1) is 11.3 Å². The van der Waals surface area contributed by atoms with Crippen molar-refractivity contribution in [1.29, 1.82) is 0 Å². The number of hydrogen-bond acceptors (Lipinski definition) is 4. The molecule has 1 aromatic heterocycles. The zero-order valence-corrected chi connectivity index (χ0v) is 23.6. The van der Waals surface area contributed by atoms with E-state index >= 15 is 0 Å². The molecule has 212 valence electrons. The lowest BCUT2D eigenvalue weighted by Crippen LogP contribution is -2.40. The molecule has 0 aliphatic heterocycles. The lowest BCUT2D eigenvalue weighted by Gasteiger charge is -2.20. The number of hydrogen-bond donors (Lipinski definition) is 1. The Morgan fingerprint density at radius 3 is 2.02 bits per heavy atom. The first-order valence-corrected chi connectivity index (χ1v) is 13.7. The maximum atomic E-state index is 13.5. The summed E-state index contributed by atoms with van der Waals surface area (Å²) in [5.74, 6) is -0.726. The average molecular weight is 579 g/mol. The Morgan fingerprint density at radius 1 is 0.902 bits per heavy atom. The Hall–Kier alpha value is -4.24. The number of ketones is 1. The lowest BCUT2D eigenvalue weighted by atomic mass is 9.91. The Morgan fingerprint density at radius 2 is 1.49 bits per heavy atom. The molecule has 41 heavy (non-hydrogen) atoms. The van der Waals surface area contributed by atoms with Gasteiger partial charge in [0.25, 0.3) is 5.56 Å². The summed E-state index contributed by atoms with van der Waals surface area (Å²) in [6.45, 7) is 4.81. The summed E-state index contributed by atoms with van der Waals surface area (Å²) in [4.78, 5) is 39.7. The normalized spacial score (nSPS) is 13.0. The van der Waals surface area contributed by atoms with Crippen molar-refractivity contribution in [2.45, 2.75) is 39.5 Å². The molecule has 0 aliphatic carbocycles. The van der Waals surface area contributed by atoms with Crippen LogP contribution in [0.3, 0.4) is 0 Å². The Kier molecular flexibility index (Phi) is 8.77. The van der Waals surface area contributed by atoms with Gasteiger partial charge in [0.05, 0.1) is 16.1 Å². The van der Waals surface area contributed by atoms with Crippen molar-refractivity contribution in [3.05, 3.63) is 127 Å². The van der Waals surface area contributed by atoms with Crippen molar-refractivity contribution in [2.75, 3.05) is 0 Å². The van der Waals surface area contributed by atoms with Gasteiger partial charge < -0.3 is 5.32 Å². The van der Waals surface area contributed by atoms with Crippen LogP contribution in [0, 0.1) is 5.41 Å². The number of carbonyl (C=O) groups excluding carboxylic acids is 2. The molecule has 9 heteroatoms. The number of alkyl halides is 3. The van der Waals surface area contributed by atoms with Crippen LogP contribution < -0.4 is 20.1 Å². The summed E-state index contributed by atoms with van der Waals surface area (Å²) in [6.07, 6.45) is -1.88. The second-order valence-corrected chi connectivity index (χ2v) is 11.6. The Balaban J connectivity index is 1.76. The third-order valence-corrected chi connectivity index (χ3v) is 7.37. The van der Waals surface area contributed by atoms with E-state index in [1.165, 1.54) is 28.9 Å². The van der Waals surface area contributed by atoms with E-state index in [1.54, 1.807) is 20.8 Å². The van der Waals surface area contributed by atoms with E-state index in [0.29, 0.717) is 0 Å². The van der Waals surface area contributed by atoms with Crippen LogP contribution in [0.1, 0.15) is 49.1 Å². The Labute approximate surface area is 239 Å². The highest BCUT2D eigenvalue weighted by atomic mass is 32.1. The average Bonchev–Trinajstić information content (AvgIpc) is 3.20. The minimum atomic E-state index is -4.54. The fourth-order valence-electron chi connectivity index (χ4n) is 4.08. The molecule has 5 nitrogen and oxygen atoms in total. The maximum absolute atomic E-state index is 13.5. The molecular weight excluding hydrogens is 549 g/mol. The predicted octanol–water partition coefficient (Wildman–Crippen LogP) is 5.06. The van der Waals surface area contributed by atoms with Crippen LogP contribution >= 0.6 is 11.3 Å². The summed E-state index contributed by atoms with van der Waals surface area (Å²) in [6, 6.07) is 22.9. The van der Waals surface area contributed by atoms with Gasteiger partial charge in [-0.05, 0) is 34.9 Å². The number of amides is 1. The molecule has 0 saturated carbocycles. The minimum absolute atomic E-state index is 0.104. The van der Waals surface area contributed by atoms with E-state index in [0.717, 1.165) is 34.6 Å². The molecule has 4 rings (SSSR count). The highest BCUT2D eigenvalue weighted by Gasteiger charge is 2.30. The quantitative estimate of drug-likeness (QED) is 0.334. The van der Waals surface area contributed by atoms with Crippen LogP contribution in [-0.2, 0) is 22.3 Å². The monoisotopic (exact) mass is 578 g/mol. The molecule has 0 unspecified atom stereocenters. The zero-order valence-electron chi connectivity index (χ0n) is 22.7. The van der Waals surface area contributed by atoms with Gasteiger partial charge >= 0.3 is 6.18 Å². The smallest absolute Gasteiger partial charge is 0.344 e. The summed E-state index contributed by atoms with van der Waals surface area (Å²) >= 11 is 0.950. The number of Topliss-reactive ketones (excluding diaryl/α,β-unsaturated/α-hetero) is 1. The first-order valence-electron chi connectivity index (χ1n) is 12.9. The minimum Gasteiger partial charge on any atom is -0.344 e. The molecule has 0 fully saturated rings. The largest absolute Gasteiger partial charge is 0.416 e. The van der Waals surface area contributed by atoms with Crippen molar-refractivity contribution in [1.82, 2.24) is 9.88 Å². The van der Waals surface area contributed by atoms with Crippen molar-refractivity contribution in [3.63, 3.8) is 0 Å². The number of nitrogens with zero attached hydrogens (tertiary/aromatic N) is 1. The van der Waals surface area contributed by atoms with Gasteiger partial charge in [0, 0.05) is 11.5 Å². The van der Waals surface area contributed by atoms with Crippen LogP contribution in [0.2, 0.25) is 0 Å². The summed E-state index contributed by atoms with van der Waals surface area (Å²) < 4.78 is 41.2. The van der Waals surface area contributed by atoms with Gasteiger partial charge in [-0.3, -0.25) is 19.0 Å². The van der Waals surface area contributed by atoms with E-state index in [2.05, 4.69) is 5.32 Å². The Bertz CT molecular complexity index is 1680. The number of rotatable bonds is 7. The van der Waals surface area contributed by atoms with E-state index in [1.807, 2.05) is 60.7 Å². The predicted molar refractivity (Wildman–Crippen MR) is 155 cm³/mol. The molecular formula is C32H29F3N2O3S. The number of benzene rings is 3. The van der Waals surface area contributed by atoms with Gasteiger partial charge in [0.2, 0.25) is 5.91 Å². The van der Waals surface area contributed by atoms with Crippen LogP contribution in [0.4, 0.5) is 13.2 Å². The molecule has 1 N–H and O–H groups in total. The third kappa shape index (κ3) is 7.49. The molecule has 0 spiro atoms. The maximum Gasteiger partial charge on any atom is 0.416 e. The second-order valence-electron chi connectivity index (χ2n) is 10.5. The summed E-state index contributed by atoms with van der Waals surface area (Å²) in [7, 11) is 0. The van der Waals surface area contributed by atoms with Crippen LogP contribution in [0.5, 0.6) is 0 Å². The molecule has 0 aliphatic rings.